The van der Waals surface area contributed by atoms with Gasteiger partial charge in [-0.25, -0.2) is 0 Å². The molecule has 1 aliphatic carbocycles. The smallest absolute Gasteiger partial charge is 0.223 e. The zero-order chi connectivity index (χ0) is 14.7. The highest BCUT2D eigenvalue weighted by Gasteiger charge is 2.38. The van der Waals surface area contributed by atoms with Gasteiger partial charge in [-0.3, -0.25) is 4.79 Å². The second-order valence-corrected chi connectivity index (χ2v) is 5.87. The highest BCUT2D eigenvalue weighted by atomic mass is 35.5. The Bertz CT molecular complexity index is 495. The molecule has 3 unspecified atom stereocenters. The second kappa shape index (κ2) is 6.66. The van der Waals surface area contributed by atoms with Gasteiger partial charge in [0.05, 0.1) is 5.02 Å². The van der Waals surface area contributed by atoms with E-state index in [2.05, 4.69) is 5.32 Å². The van der Waals surface area contributed by atoms with E-state index in [4.69, 9.17) is 27.9 Å². The lowest BCUT2D eigenvalue weighted by atomic mass is 10.3. The molecule has 0 aliphatic heterocycles. The largest absolute Gasteiger partial charge is 0.489 e. The molecular weight excluding hydrogens is 301 g/mol. The van der Waals surface area contributed by atoms with E-state index in [0.29, 0.717) is 21.7 Å². The highest BCUT2D eigenvalue weighted by molar-refractivity contribution is 6.42. The molecule has 0 aromatic heterocycles. The van der Waals surface area contributed by atoms with Gasteiger partial charge in [0.25, 0.3) is 0 Å². The van der Waals surface area contributed by atoms with Crippen molar-refractivity contribution in [3.05, 3.63) is 28.2 Å². The minimum Gasteiger partial charge on any atom is -0.489 e. The van der Waals surface area contributed by atoms with Gasteiger partial charge < -0.3 is 15.2 Å². The third-order valence-corrected chi connectivity index (χ3v) is 4.11. The molecule has 1 saturated carbocycles. The molecule has 1 aromatic rings. The van der Waals surface area contributed by atoms with E-state index in [1.54, 1.807) is 18.2 Å². The van der Waals surface area contributed by atoms with E-state index in [0.717, 1.165) is 6.42 Å². The lowest BCUT2D eigenvalue weighted by Gasteiger charge is -2.14. The number of ether oxygens (including phenoxy) is 1. The van der Waals surface area contributed by atoms with Gasteiger partial charge in [-0.15, -0.1) is 0 Å². The molecule has 6 heteroatoms. The topological polar surface area (TPSA) is 58.6 Å². The Balaban J connectivity index is 1.73. The van der Waals surface area contributed by atoms with Crippen LogP contribution < -0.4 is 10.1 Å². The van der Waals surface area contributed by atoms with Crippen LogP contribution in [0.25, 0.3) is 0 Å². The molecule has 0 bridgehead atoms. The molecule has 0 heterocycles. The van der Waals surface area contributed by atoms with Crippen LogP contribution in [0.5, 0.6) is 5.75 Å². The summed E-state index contributed by atoms with van der Waals surface area (Å²) in [5, 5.41) is 13.2. The zero-order valence-corrected chi connectivity index (χ0v) is 12.6. The Labute approximate surface area is 128 Å². The van der Waals surface area contributed by atoms with Crippen LogP contribution in [0, 0.1) is 11.8 Å². The lowest BCUT2D eigenvalue weighted by Crippen LogP contribution is -2.36. The van der Waals surface area contributed by atoms with Crippen LogP contribution in [0.15, 0.2) is 18.2 Å². The van der Waals surface area contributed by atoms with Gasteiger partial charge in [0.2, 0.25) is 5.91 Å². The van der Waals surface area contributed by atoms with Gasteiger partial charge in [0.15, 0.2) is 0 Å². The van der Waals surface area contributed by atoms with Gasteiger partial charge in [0.1, 0.15) is 23.5 Å². The fourth-order valence-electron chi connectivity index (χ4n) is 1.88. The number of rotatable bonds is 6. The molecule has 20 heavy (non-hydrogen) atoms. The summed E-state index contributed by atoms with van der Waals surface area (Å²) in [6, 6.07) is 5.04. The van der Waals surface area contributed by atoms with E-state index in [1.165, 1.54) is 0 Å². The first-order chi connectivity index (χ1) is 9.49. The van der Waals surface area contributed by atoms with Gasteiger partial charge in [-0.2, -0.15) is 0 Å². The maximum absolute atomic E-state index is 11.6. The van der Waals surface area contributed by atoms with Crippen LogP contribution >= 0.6 is 23.2 Å². The Morgan fingerprint density at radius 2 is 2.25 bits per heavy atom. The van der Waals surface area contributed by atoms with Crippen molar-refractivity contribution in [3.8, 4) is 5.75 Å². The molecule has 1 fully saturated rings. The number of carbonyl (C=O) groups is 1. The average molecular weight is 318 g/mol. The van der Waals surface area contributed by atoms with Crippen molar-refractivity contribution in [1.29, 1.82) is 0 Å². The van der Waals surface area contributed by atoms with E-state index in [9.17, 15) is 9.90 Å². The number of aliphatic hydroxyl groups is 1. The molecule has 0 radical (unpaired) electrons. The minimum atomic E-state index is -0.789. The molecule has 4 nitrogen and oxygen atoms in total. The van der Waals surface area contributed by atoms with Gasteiger partial charge in [0, 0.05) is 12.5 Å². The Morgan fingerprint density at radius 1 is 1.55 bits per heavy atom. The van der Waals surface area contributed by atoms with Crippen molar-refractivity contribution in [3.63, 3.8) is 0 Å². The summed E-state index contributed by atoms with van der Waals surface area (Å²) in [6.45, 7) is 2.24. The Morgan fingerprint density at radius 3 is 2.90 bits per heavy atom. The molecular formula is C14H17Cl2NO3. The predicted octanol–water partition coefficient (Wildman–Crippen LogP) is 2.51. The molecule has 1 aromatic carbocycles. The number of aliphatic hydroxyl groups excluding tert-OH is 1. The van der Waals surface area contributed by atoms with Crippen molar-refractivity contribution >= 4 is 29.1 Å². The highest BCUT2D eigenvalue weighted by Crippen LogP contribution is 2.37. The quantitative estimate of drug-likeness (QED) is 0.847. The van der Waals surface area contributed by atoms with E-state index in [1.807, 2.05) is 6.92 Å². The summed E-state index contributed by atoms with van der Waals surface area (Å²) >= 11 is 11.8. The number of halogens is 2. The van der Waals surface area contributed by atoms with Crippen molar-refractivity contribution < 1.29 is 14.6 Å². The molecule has 1 aliphatic rings. The molecule has 0 saturated heterocycles. The number of benzene rings is 1. The second-order valence-electron chi connectivity index (χ2n) is 5.08. The van der Waals surface area contributed by atoms with E-state index in [-0.39, 0.29) is 25.0 Å². The summed E-state index contributed by atoms with van der Waals surface area (Å²) < 4.78 is 5.39. The maximum Gasteiger partial charge on any atom is 0.223 e. The van der Waals surface area contributed by atoms with Crippen LogP contribution in [0.2, 0.25) is 10.0 Å². The predicted molar refractivity (Wildman–Crippen MR) is 78.2 cm³/mol. The van der Waals surface area contributed by atoms with E-state index >= 15 is 0 Å². The normalized spacial score (nSPS) is 22.2. The molecule has 0 spiro atoms. The number of carbonyl (C=O) groups excluding carboxylic acids is 1. The lowest BCUT2D eigenvalue weighted by molar-refractivity contribution is -0.123. The fraction of sp³-hybridized carbons (Fsp3) is 0.500. The SMILES string of the molecule is CC1CC1C(=O)NCC(O)COc1cccc(Cl)c1Cl. The summed E-state index contributed by atoms with van der Waals surface area (Å²) in [6.07, 6.45) is 0.138. The molecule has 2 rings (SSSR count). The first kappa shape index (κ1) is 15.4. The zero-order valence-electron chi connectivity index (χ0n) is 11.1. The maximum atomic E-state index is 11.6. The van der Waals surface area contributed by atoms with Crippen molar-refractivity contribution in [1.82, 2.24) is 5.32 Å². The average Bonchev–Trinajstić information content (AvgIpc) is 3.15. The fourth-order valence-corrected chi connectivity index (χ4v) is 2.22. The summed E-state index contributed by atoms with van der Waals surface area (Å²) in [7, 11) is 0. The number of nitrogens with one attached hydrogen (secondary N) is 1. The summed E-state index contributed by atoms with van der Waals surface area (Å²) in [5.74, 6) is 0.969. The van der Waals surface area contributed by atoms with Crippen LogP contribution in [0.3, 0.4) is 0 Å². The number of hydrogen-bond acceptors (Lipinski definition) is 3. The standard InChI is InChI=1S/C14H17Cl2NO3/c1-8-5-10(8)14(19)17-6-9(18)7-20-12-4-2-3-11(15)13(12)16/h2-4,8-10,18H,5-7H2,1H3,(H,17,19). The Kier molecular flexibility index (Phi) is 5.13. The van der Waals surface area contributed by atoms with Gasteiger partial charge in [-0.05, 0) is 24.5 Å². The third-order valence-electron chi connectivity index (χ3n) is 3.31. The Hall–Kier alpha value is -0.970. The summed E-state index contributed by atoms with van der Waals surface area (Å²) in [5.41, 5.74) is 0. The summed E-state index contributed by atoms with van der Waals surface area (Å²) in [4.78, 5) is 11.6. The van der Waals surface area contributed by atoms with Crippen LogP contribution in [-0.4, -0.2) is 30.3 Å². The van der Waals surface area contributed by atoms with Crippen molar-refractivity contribution in [2.45, 2.75) is 19.4 Å². The molecule has 1 amide bonds. The minimum absolute atomic E-state index is 0.00246. The van der Waals surface area contributed by atoms with Gasteiger partial charge >= 0.3 is 0 Å². The first-order valence-corrected chi connectivity index (χ1v) is 7.27. The van der Waals surface area contributed by atoms with Crippen LogP contribution in [-0.2, 0) is 4.79 Å². The van der Waals surface area contributed by atoms with Crippen LogP contribution in [0.4, 0.5) is 0 Å². The van der Waals surface area contributed by atoms with Crippen molar-refractivity contribution in [2.24, 2.45) is 11.8 Å². The van der Waals surface area contributed by atoms with Gasteiger partial charge in [-0.1, -0.05) is 36.2 Å². The molecule has 110 valence electrons. The first-order valence-electron chi connectivity index (χ1n) is 6.51. The molecule has 3 atom stereocenters. The third kappa shape index (κ3) is 4.01. The van der Waals surface area contributed by atoms with Crippen LogP contribution in [0.1, 0.15) is 13.3 Å². The number of amides is 1. The molecule has 2 N–H and O–H groups in total. The van der Waals surface area contributed by atoms with Crippen molar-refractivity contribution in [2.75, 3.05) is 13.2 Å². The number of hydrogen-bond donors (Lipinski definition) is 2. The monoisotopic (exact) mass is 317 g/mol. The van der Waals surface area contributed by atoms with E-state index < -0.39 is 6.10 Å².